The van der Waals surface area contributed by atoms with Crippen LogP contribution in [0.5, 0.6) is 0 Å². The number of nitrogens with one attached hydrogen (secondary N) is 1. The summed E-state index contributed by atoms with van der Waals surface area (Å²) in [5, 5.41) is 3.78. The summed E-state index contributed by atoms with van der Waals surface area (Å²) in [6, 6.07) is 1.65. The summed E-state index contributed by atoms with van der Waals surface area (Å²) in [6.45, 7) is 13.2. The maximum atomic E-state index is 3.78. The van der Waals surface area contributed by atoms with E-state index in [4.69, 9.17) is 0 Å². The summed E-state index contributed by atoms with van der Waals surface area (Å²) < 4.78 is 0. The largest absolute Gasteiger partial charge is 0.314 e. The van der Waals surface area contributed by atoms with Crippen LogP contribution in [0.15, 0.2) is 0 Å². The molecule has 0 heterocycles. The molecule has 0 aliphatic heterocycles. The van der Waals surface area contributed by atoms with Crippen LogP contribution < -0.4 is 5.32 Å². The third kappa shape index (κ3) is 5.25. The van der Waals surface area contributed by atoms with E-state index in [1.807, 2.05) is 0 Å². The Labute approximate surface area is 133 Å². The first kappa shape index (κ1) is 17.3. The molecule has 2 aliphatic carbocycles. The van der Waals surface area contributed by atoms with Crippen molar-refractivity contribution in [2.24, 2.45) is 17.8 Å². The fraction of sp³-hybridized carbons (Fsp3) is 1.00. The van der Waals surface area contributed by atoms with Crippen molar-refractivity contribution >= 4 is 0 Å². The topological polar surface area (TPSA) is 15.3 Å². The molecule has 0 amide bonds. The molecule has 0 bridgehead atoms. The van der Waals surface area contributed by atoms with E-state index >= 15 is 0 Å². The minimum absolute atomic E-state index is 0.766. The van der Waals surface area contributed by atoms with Crippen LogP contribution in [-0.4, -0.2) is 36.6 Å². The van der Waals surface area contributed by atoms with E-state index in [9.17, 15) is 0 Å². The number of rotatable bonds is 7. The van der Waals surface area contributed by atoms with Crippen LogP contribution >= 0.6 is 0 Å². The monoisotopic (exact) mass is 294 g/mol. The molecule has 21 heavy (non-hydrogen) atoms. The molecule has 0 saturated heterocycles. The van der Waals surface area contributed by atoms with Gasteiger partial charge in [-0.3, -0.25) is 4.90 Å². The van der Waals surface area contributed by atoms with E-state index in [1.165, 1.54) is 58.0 Å². The SMILES string of the molecule is CCNC1CCC(C)CC1CN(CC(C)C)C1CCCC1. The van der Waals surface area contributed by atoms with Crippen LogP contribution in [0.1, 0.15) is 72.6 Å². The lowest BCUT2D eigenvalue weighted by atomic mass is 9.78. The first-order valence-electron chi connectivity index (χ1n) is 9.57. The van der Waals surface area contributed by atoms with Crippen molar-refractivity contribution in [3.63, 3.8) is 0 Å². The lowest BCUT2D eigenvalue weighted by Gasteiger charge is -2.41. The van der Waals surface area contributed by atoms with Gasteiger partial charge in [0, 0.05) is 25.2 Å². The van der Waals surface area contributed by atoms with Crippen molar-refractivity contribution in [3.8, 4) is 0 Å². The van der Waals surface area contributed by atoms with Crippen LogP contribution in [-0.2, 0) is 0 Å². The van der Waals surface area contributed by atoms with Gasteiger partial charge >= 0.3 is 0 Å². The van der Waals surface area contributed by atoms with Gasteiger partial charge < -0.3 is 5.32 Å². The molecule has 3 atom stereocenters. The number of hydrogen-bond donors (Lipinski definition) is 1. The van der Waals surface area contributed by atoms with Crippen LogP contribution in [0.2, 0.25) is 0 Å². The minimum Gasteiger partial charge on any atom is -0.314 e. The van der Waals surface area contributed by atoms with Crippen LogP contribution in [0.25, 0.3) is 0 Å². The highest BCUT2D eigenvalue weighted by atomic mass is 15.2. The van der Waals surface area contributed by atoms with Gasteiger partial charge in [-0.25, -0.2) is 0 Å². The zero-order valence-electron chi connectivity index (χ0n) is 14.9. The Morgan fingerprint density at radius 3 is 2.43 bits per heavy atom. The highest BCUT2D eigenvalue weighted by Crippen LogP contribution is 2.32. The van der Waals surface area contributed by atoms with Gasteiger partial charge in [-0.2, -0.15) is 0 Å². The van der Waals surface area contributed by atoms with Gasteiger partial charge in [0.25, 0.3) is 0 Å². The van der Waals surface area contributed by atoms with Crippen molar-refractivity contribution in [2.45, 2.75) is 84.7 Å². The molecule has 2 heteroatoms. The highest BCUT2D eigenvalue weighted by Gasteiger charge is 2.32. The molecule has 0 aromatic heterocycles. The van der Waals surface area contributed by atoms with Crippen molar-refractivity contribution in [1.82, 2.24) is 10.2 Å². The molecule has 2 rings (SSSR count). The summed E-state index contributed by atoms with van der Waals surface area (Å²) in [6.07, 6.45) is 10.0. The third-order valence-corrected chi connectivity index (χ3v) is 5.62. The van der Waals surface area contributed by atoms with Gasteiger partial charge in [0.1, 0.15) is 0 Å². The summed E-state index contributed by atoms with van der Waals surface area (Å²) in [5.41, 5.74) is 0. The van der Waals surface area contributed by atoms with E-state index in [2.05, 4.69) is 37.9 Å². The molecule has 2 nitrogen and oxygen atoms in total. The zero-order chi connectivity index (χ0) is 15.2. The fourth-order valence-electron chi connectivity index (χ4n) is 4.64. The highest BCUT2D eigenvalue weighted by molar-refractivity contribution is 4.88. The average molecular weight is 295 g/mol. The molecular formula is C19H38N2. The van der Waals surface area contributed by atoms with Gasteiger partial charge in [0.15, 0.2) is 0 Å². The third-order valence-electron chi connectivity index (χ3n) is 5.62. The summed E-state index contributed by atoms with van der Waals surface area (Å²) in [4.78, 5) is 2.87. The molecule has 3 unspecified atom stereocenters. The summed E-state index contributed by atoms with van der Waals surface area (Å²) in [7, 11) is 0. The Bertz CT molecular complexity index is 283. The normalized spacial score (nSPS) is 31.4. The second kappa shape index (κ2) is 8.53. The van der Waals surface area contributed by atoms with E-state index in [-0.39, 0.29) is 0 Å². The predicted molar refractivity (Wildman–Crippen MR) is 92.6 cm³/mol. The maximum absolute atomic E-state index is 3.78. The van der Waals surface area contributed by atoms with Gasteiger partial charge in [-0.1, -0.05) is 40.5 Å². The number of hydrogen-bond acceptors (Lipinski definition) is 2. The lowest BCUT2D eigenvalue weighted by Crippen LogP contribution is -2.48. The summed E-state index contributed by atoms with van der Waals surface area (Å²) >= 11 is 0. The molecule has 1 N–H and O–H groups in total. The van der Waals surface area contributed by atoms with Gasteiger partial charge in [0.05, 0.1) is 0 Å². The first-order valence-corrected chi connectivity index (χ1v) is 9.57. The molecule has 0 radical (unpaired) electrons. The molecule has 2 aliphatic rings. The van der Waals surface area contributed by atoms with Crippen LogP contribution in [0.4, 0.5) is 0 Å². The van der Waals surface area contributed by atoms with Crippen molar-refractivity contribution in [1.29, 1.82) is 0 Å². The zero-order valence-corrected chi connectivity index (χ0v) is 14.9. The molecule has 2 saturated carbocycles. The van der Waals surface area contributed by atoms with Gasteiger partial charge in [0.2, 0.25) is 0 Å². The Morgan fingerprint density at radius 1 is 1.10 bits per heavy atom. The smallest absolute Gasteiger partial charge is 0.0108 e. The van der Waals surface area contributed by atoms with E-state index in [0.717, 1.165) is 36.4 Å². The Balaban J connectivity index is 1.97. The van der Waals surface area contributed by atoms with E-state index < -0.39 is 0 Å². The molecular weight excluding hydrogens is 256 g/mol. The lowest BCUT2D eigenvalue weighted by molar-refractivity contribution is 0.104. The van der Waals surface area contributed by atoms with Crippen LogP contribution in [0, 0.1) is 17.8 Å². The average Bonchev–Trinajstić information content (AvgIpc) is 2.94. The first-order chi connectivity index (χ1) is 10.1. The predicted octanol–water partition coefficient (Wildman–Crippen LogP) is 4.30. The molecule has 2 fully saturated rings. The van der Waals surface area contributed by atoms with E-state index in [0.29, 0.717) is 0 Å². The minimum atomic E-state index is 0.766. The van der Waals surface area contributed by atoms with Crippen LogP contribution in [0.3, 0.4) is 0 Å². The Hall–Kier alpha value is -0.0800. The molecule has 0 aromatic rings. The molecule has 0 spiro atoms. The molecule has 124 valence electrons. The number of nitrogens with zero attached hydrogens (tertiary/aromatic N) is 1. The second-order valence-electron chi connectivity index (χ2n) is 8.13. The fourth-order valence-corrected chi connectivity index (χ4v) is 4.64. The second-order valence-corrected chi connectivity index (χ2v) is 8.13. The van der Waals surface area contributed by atoms with Gasteiger partial charge in [-0.05, 0) is 56.4 Å². The maximum Gasteiger partial charge on any atom is 0.0108 e. The van der Waals surface area contributed by atoms with Crippen molar-refractivity contribution < 1.29 is 0 Å². The summed E-state index contributed by atoms with van der Waals surface area (Å²) in [5.74, 6) is 2.59. The van der Waals surface area contributed by atoms with Crippen molar-refractivity contribution in [2.75, 3.05) is 19.6 Å². The van der Waals surface area contributed by atoms with Crippen molar-refractivity contribution in [3.05, 3.63) is 0 Å². The molecule has 0 aromatic carbocycles. The Morgan fingerprint density at radius 2 is 1.81 bits per heavy atom. The Kier molecular flexibility index (Phi) is 7.01. The van der Waals surface area contributed by atoms with Gasteiger partial charge in [-0.15, -0.1) is 0 Å². The standard InChI is InChI=1S/C19H38N2/c1-5-20-19-11-10-16(4)12-17(19)14-21(13-15(2)3)18-8-6-7-9-18/h15-20H,5-14H2,1-4H3. The quantitative estimate of drug-likeness (QED) is 0.753. The van der Waals surface area contributed by atoms with E-state index in [1.54, 1.807) is 0 Å².